The third kappa shape index (κ3) is 5.30. The third-order valence-corrected chi connectivity index (χ3v) is 4.72. The Bertz CT molecular complexity index is 901. The van der Waals surface area contributed by atoms with Gasteiger partial charge in [-0.25, -0.2) is 0 Å². The van der Waals surface area contributed by atoms with Gasteiger partial charge in [-0.15, -0.1) is 0 Å². The maximum Gasteiger partial charge on any atom is 0.251 e. The molecule has 0 aliphatic heterocycles. The first-order valence-electron chi connectivity index (χ1n) is 9.50. The molecular weight excluding hydrogens is 362 g/mol. The number of nitrogens with zero attached hydrogens (tertiary/aromatic N) is 1. The summed E-state index contributed by atoms with van der Waals surface area (Å²) >= 11 is 0. The minimum absolute atomic E-state index is 0.0289. The maximum atomic E-state index is 12.6. The van der Waals surface area contributed by atoms with Crippen molar-refractivity contribution in [3.63, 3.8) is 0 Å². The standard InChI is InChI=1S/C24H25N3O2/c1-25-24(29)20-13-15-21(16-14-20)26-22(28)17-27(2)23(18-9-5-3-6-10-18)19-11-7-4-8-12-19/h3-16,23H,17H2,1-2H3,(H,25,29)(H,26,28). The molecule has 3 rings (SSSR count). The number of carbonyl (C=O) groups excluding carboxylic acids is 2. The summed E-state index contributed by atoms with van der Waals surface area (Å²) in [6.07, 6.45) is 0. The van der Waals surface area contributed by atoms with Crippen molar-refractivity contribution in [3.05, 3.63) is 102 Å². The molecule has 3 aromatic carbocycles. The lowest BCUT2D eigenvalue weighted by molar-refractivity contribution is -0.117. The SMILES string of the molecule is CNC(=O)c1ccc(NC(=O)CN(C)C(c2ccccc2)c2ccccc2)cc1. The van der Waals surface area contributed by atoms with Crippen LogP contribution in [0.5, 0.6) is 0 Å². The largest absolute Gasteiger partial charge is 0.355 e. The number of benzene rings is 3. The molecule has 5 nitrogen and oxygen atoms in total. The topological polar surface area (TPSA) is 61.4 Å². The lowest BCUT2D eigenvalue weighted by atomic mass is 9.97. The van der Waals surface area contributed by atoms with Crippen molar-refractivity contribution in [1.82, 2.24) is 10.2 Å². The van der Waals surface area contributed by atoms with Gasteiger partial charge < -0.3 is 10.6 Å². The van der Waals surface area contributed by atoms with Crippen LogP contribution < -0.4 is 10.6 Å². The van der Waals surface area contributed by atoms with E-state index in [0.717, 1.165) is 11.1 Å². The van der Waals surface area contributed by atoms with Gasteiger partial charge in [-0.2, -0.15) is 0 Å². The van der Waals surface area contributed by atoms with E-state index in [9.17, 15) is 9.59 Å². The number of rotatable bonds is 7. The van der Waals surface area contributed by atoms with E-state index in [0.29, 0.717) is 11.3 Å². The first-order valence-corrected chi connectivity index (χ1v) is 9.50. The van der Waals surface area contributed by atoms with E-state index >= 15 is 0 Å². The zero-order chi connectivity index (χ0) is 20.6. The predicted octanol–water partition coefficient (Wildman–Crippen LogP) is 3.71. The monoisotopic (exact) mass is 387 g/mol. The summed E-state index contributed by atoms with van der Waals surface area (Å²) in [5, 5.41) is 5.48. The Morgan fingerprint density at radius 1 is 0.828 bits per heavy atom. The van der Waals surface area contributed by atoms with Crippen molar-refractivity contribution in [2.75, 3.05) is 26.0 Å². The molecule has 0 saturated carbocycles. The highest BCUT2D eigenvalue weighted by molar-refractivity contribution is 5.96. The molecule has 0 fully saturated rings. The lowest BCUT2D eigenvalue weighted by Gasteiger charge is -2.28. The van der Waals surface area contributed by atoms with E-state index < -0.39 is 0 Å². The van der Waals surface area contributed by atoms with Gasteiger partial charge in [0.05, 0.1) is 12.6 Å². The molecule has 0 spiro atoms. The molecule has 5 heteroatoms. The Labute approximate surface area is 171 Å². The van der Waals surface area contributed by atoms with Crippen LogP contribution in [0.4, 0.5) is 5.69 Å². The molecule has 3 aromatic rings. The Morgan fingerprint density at radius 2 is 1.34 bits per heavy atom. The molecule has 0 unspecified atom stereocenters. The second-order valence-electron chi connectivity index (χ2n) is 6.84. The van der Waals surface area contributed by atoms with Crippen molar-refractivity contribution in [1.29, 1.82) is 0 Å². The van der Waals surface area contributed by atoms with Gasteiger partial charge in [0.2, 0.25) is 5.91 Å². The number of hydrogen-bond donors (Lipinski definition) is 2. The Balaban J connectivity index is 1.71. The Morgan fingerprint density at radius 3 is 1.83 bits per heavy atom. The average Bonchev–Trinajstić information content (AvgIpc) is 2.75. The summed E-state index contributed by atoms with van der Waals surface area (Å²) in [5.74, 6) is -0.270. The molecular formula is C24H25N3O2. The van der Waals surface area contributed by atoms with Crippen LogP contribution in [0.1, 0.15) is 27.5 Å². The zero-order valence-electron chi connectivity index (χ0n) is 16.6. The number of nitrogens with one attached hydrogen (secondary N) is 2. The summed E-state index contributed by atoms with van der Waals surface area (Å²) < 4.78 is 0. The van der Waals surface area contributed by atoms with Crippen LogP contribution in [0.25, 0.3) is 0 Å². The fourth-order valence-electron chi connectivity index (χ4n) is 3.34. The number of hydrogen-bond acceptors (Lipinski definition) is 3. The van der Waals surface area contributed by atoms with Gasteiger partial charge in [-0.3, -0.25) is 14.5 Å². The van der Waals surface area contributed by atoms with E-state index in [1.807, 2.05) is 48.3 Å². The van der Waals surface area contributed by atoms with Crippen molar-refractivity contribution in [3.8, 4) is 0 Å². The van der Waals surface area contributed by atoms with Gasteiger partial charge in [-0.05, 0) is 42.4 Å². The average molecular weight is 387 g/mol. The highest BCUT2D eigenvalue weighted by Crippen LogP contribution is 2.27. The summed E-state index contributed by atoms with van der Waals surface area (Å²) in [5.41, 5.74) is 3.47. The molecule has 29 heavy (non-hydrogen) atoms. The molecule has 0 atom stereocenters. The summed E-state index contributed by atoms with van der Waals surface area (Å²) in [4.78, 5) is 26.3. The predicted molar refractivity (Wildman–Crippen MR) is 116 cm³/mol. The van der Waals surface area contributed by atoms with Crippen LogP contribution in [0.3, 0.4) is 0 Å². The molecule has 148 valence electrons. The molecule has 0 aliphatic rings. The van der Waals surface area contributed by atoms with Gasteiger partial charge in [0.25, 0.3) is 5.91 Å². The number of likely N-dealkylation sites (N-methyl/N-ethyl adjacent to an activating group) is 1. The Kier molecular flexibility index (Phi) is 6.76. The molecule has 0 saturated heterocycles. The van der Waals surface area contributed by atoms with Crippen LogP contribution in [-0.2, 0) is 4.79 Å². The second-order valence-corrected chi connectivity index (χ2v) is 6.84. The van der Waals surface area contributed by atoms with Gasteiger partial charge in [-0.1, -0.05) is 60.7 Å². The fraction of sp³-hybridized carbons (Fsp3) is 0.167. The molecule has 0 radical (unpaired) electrons. The molecule has 2 amide bonds. The first-order chi connectivity index (χ1) is 14.1. The molecule has 2 N–H and O–H groups in total. The number of amides is 2. The quantitative estimate of drug-likeness (QED) is 0.650. The lowest BCUT2D eigenvalue weighted by Crippen LogP contribution is -2.34. The van der Waals surface area contributed by atoms with Crippen molar-refractivity contribution in [2.24, 2.45) is 0 Å². The number of anilines is 1. The third-order valence-electron chi connectivity index (χ3n) is 4.72. The second kappa shape index (κ2) is 9.66. The van der Waals surface area contributed by atoms with Crippen LogP contribution in [-0.4, -0.2) is 37.4 Å². The van der Waals surface area contributed by atoms with Crippen LogP contribution in [0, 0.1) is 0 Å². The molecule has 0 bridgehead atoms. The van der Waals surface area contributed by atoms with Gasteiger partial charge in [0, 0.05) is 18.3 Å². The van der Waals surface area contributed by atoms with Crippen LogP contribution in [0.15, 0.2) is 84.9 Å². The smallest absolute Gasteiger partial charge is 0.251 e. The maximum absolute atomic E-state index is 12.6. The minimum atomic E-state index is -0.156. The van der Waals surface area contributed by atoms with Crippen LogP contribution in [0.2, 0.25) is 0 Å². The highest BCUT2D eigenvalue weighted by atomic mass is 16.2. The van der Waals surface area contributed by atoms with E-state index in [1.165, 1.54) is 0 Å². The van der Waals surface area contributed by atoms with Crippen molar-refractivity contribution in [2.45, 2.75) is 6.04 Å². The van der Waals surface area contributed by atoms with E-state index in [1.54, 1.807) is 31.3 Å². The van der Waals surface area contributed by atoms with E-state index in [-0.39, 0.29) is 24.4 Å². The summed E-state index contributed by atoms with van der Waals surface area (Å²) in [6.45, 7) is 0.228. The minimum Gasteiger partial charge on any atom is -0.355 e. The summed E-state index contributed by atoms with van der Waals surface area (Å²) in [6, 6.07) is 27.1. The molecule has 0 aromatic heterocycles. The van der Waals surface area contributed by atoms with Gasteiger partial charge in [0.1, 0.15) is 0 Å². The molecule has 0 aliphatic carbocycles. The first kappa shape index (κ1) is 20.3. The van der Waals surface area contributed by atoms with Crippen molar-refractivity contribution >= 4 is 17.5 Å². The van der Waals surface area contributed by atoms with Gasteiger partial charge in [0.15, 0.2) is 0 Å². The number of carbonyl (C=O) groups is 2. The highest BCUT2D eigenvalue weighted by Gasteiger charge is 2.21. The zero-order valence-corrected chi connectivity index (χ0v) is 16.6. The van der Waals surface area contributed by atoms with Crippen molar-refractivity contribution < 1.29 is 9.59 Å². The van der Waals surface area contributed by atoms with Crippen LogP contribution >= 0.6 is 0 Å². The van der Waals surface area contributed by atoms with Gasteiger partial charge >= 0.3 is 0 Å². The Hall–Kier alpha value is -3.44. The van der Waals surface area contributed by atoms with E-state index in [4.69, 9.17) is 0 Å². The fourth-order valence-corrected chi connectivity index (χ4v) is 3.34. The van der Waals surface area contributed by atoms with E-state index in [2.05, 4.69) is 34.9 Å². The normalized spacial score (nSPS) is 10.8. The summed E-state index contributed by atoms with van der Waals surface area (Å²) in [7, 11) is 3.53. The molecule has 0 heterocycles.